The van der Waals surface area contributed by atoms with Crippen molar-refractivity contribution in [1.82, 2.24) is 9.78 Å². The monoisotopic (exact) mass is 398 g/mol. The first-order valence-electron chi connectivity index (χ1n) is 8.54. The zero-order chi connectivity index (χ0) is 19.7. The number of benzene rings is 2. The van der Waals surface area contributed by atoms with Crippen molar-refractivity contribution < 1.29 is 17.9 Å². The summed E-state index contributed by atoms with van der Waals surface area (Å²) in [6.07, 6.45) is 0. The van der Waals surface area contributed by atoms with E-state index >= 15 is 0 Å². The molecular formula is C19H18N4O4S. The van der Waals surface area contributed by atoms with E-state index in [1.165, 1.54) is 0 Å². The first-order valence-corrected chi connectivity index (χ1v) is 10.4. The van der Waals surface area contributed by atoms with Crippen LogP contribution in [0, 0.1) is 0 Å². The summed E-state index contributed by atoms with van der Waals surface area (Å²) in [7, 11) is -1.68. The highest BCUT2D eigenvalue weighted by atomic mass is 32.2. The van der Waals surface area contributed by atoms with Crippen LogP contribution in [0.2, 0.25) is 0 Å². The second kappa shape index (κ2) is 7.01. The number of anilines is 2. The maximum absolute atomic E-state index is 12.5. The van der Waals surface area contributed by atoms with Crippen molar-refractivity contribution in [2.75, 3.05) is 17.7 Å². The number of carbonyl (C=O) groups excluding carboxylic acids is 1. The van der Waals surface area contributed by atoms with Crippen LogP contribution in [0.25, 0.3) is 5.69 Å². The molecule has 0 saturated carbocycles. The van der Waals surface area contributed by atoms with Gasteiger partial charge in [-0.05, 0) is 36.4 Å². The molecule has 2 amide bonds. The number of amides is 2. The molecule has 3 aromatic rings. The van der Waals surface area contributed by atoms with Gasteiger partial charge in [0.05, 0.1) is 30.0 Å². The van der Waals surface area contributed by atoms with Crippen LogP contribution in [0.4, 0.5) is 16.3 Å². The zero-order valence-corrected chi connectivity index (χ0v) is 15.9. The molecule has 0 unspecified atom stereocenters. The van der Waals surface area contributed by atoms with Crippen molar-refractivity contribution in [3.8, 4) is 11.4 Å². The van der Waals surface area contributed by atoms with Crippen molar-refractivity contribution in [3.05, 3.63) is 65.9 Å². The van der Waals surface area contributed by atoms with Gasteiger partial charge in [0, 0.05) is 11.3 Å². The van der Waals surface area contributed by atoms with Gasteiger partial charge in [0.25, 0.3) is 0 Å². The Morgan fingerprint density at radius 2 is 1.75 bits per heavy atom. The summed E-state index contributed by atoms with van der Waals surface area (Å²) >= 11 is 0. The number of fused-ring (bicyclic) bond motifs is 1. The van der Waals surface area contributed by atoms with Crippen molar-refractivity contribution >= 4 is 27.4 Å². The highest BCUT2D eigenvalue weighted by molar-refractivity contribution is 7.90. The summed E-state index contributed by atoms with van der Waals surface area (Å²) in [5.41, 5.74) is 2.29. The van der Waals surface area contributed by atoms with E-state index in [0.717, 1.165) is 5.69 Å². The molecule has 0 saturated heterocycles. The molecular weight excluding hydrogens is 380 g/mol. The largest absolute Gasteiger partial charge is 0.497 e. The lowest BCUT2D eigenvalue weighted by Crippen LogP contribution is -2.22. The molecule has 0 spiro atoms. The normalized spacial score (nSPS) is 14.3. The van der Waals surface area contributed by atoms with Crippen LogP contribution >= 0.6 is 0 Å². The number of nitrogens with one attached hydrogen (secondary N) is 2. The number of nitrogens with zero attached hydrogens (tertiary/aromatic N) is 2. The van der Waals surface area contributed by atoms with E-state index in [2.05, 4.69) is 15.7 Å². The van der Waals surface area contributed by atoms with Gasteiger partial charge >= 0.3 is 6.03 Å². The molecule has 1 aliphatic heterocycles. The first kappa shape index (κ1) is 18.1. The lowest BCUT2D eigenvalue weighted by Gasteiger charge is -2.12. The molecule has 1 aromatic heterocycles. The third kappa shape index (κ3) is 3.56. The summed E-state index contributed by atoms with van der Waals surface area (Å²) in [4.78, 5) is 12.5. The minimum atomic E-state index is -3.25. The number of hydrogen-bond acceptors (Lipinski definition) is 5. The SMILES string of the molecule is COc1ccc(NC(=O)Nc2c3c(nn2-c2ccccc2)CS(=O)(=O)C3)cc1. The minimum Gasteiger partial charge on any atom is -0.497 e. The lowest BCUT2D eigenvalue weighted by atomic mass is 10.2. The lowest BCUT2D eigenvalue weighted by molar-refractivity contribution is 0.262. The second-order valence-electron chi connectivity index (χ2n) is 6.36. The predicted molar refractivity (Wildman–Crippen MR) is 106 cm³/mol. The summed E-state index contributed by atoms with van der Waals surface area (Å²) in [5, 5.41) is 9.90. The van der Waals surface area contributed by atoms with Gasteiger partial charge in [-0.2, -0.15) is 5.10 Å². The Hall–Kier alpha value is -3.33. The van der Waals surface area contributed by atoms with E-state index in [9.17, 15) is 13.2 Å². The van der Waals surface area contributed by atoms with Gasteiger partial charge in [-0.15, -0.1) is 0 Å². The molecule has 1 aliphatic rings. The zero-order valence-electron chi connectivity index (χ0n) is 15.0. The fourth-order valence-electron chi connectivity index (χ4n) is 3.07. The molecule has 2 aromatic carbocycles. The predicted octanol–water partition coefficient (Wildman–Crippen LogP) is 2.95. The number of methoxy groups -OCH3 is 1. The summed E-state index contributed by atoms with van der Waals surface area (Å²) in [6, 6.07) is 15.6. The Balaban J connectivity index is 1.63. The second-order valence-corrected chi connectivity index (χ2v) is 8.43. The van der Waals surface area contributed by atoms with Gasteiger partial charge < -0.3 is 10.1 Å². The van der Waals surface area contributed by atoms with Gasteiger partial charge in [-0.1, -0.05) is 18.2 Å². The molecule has 4 rings (SSSR count). The number of sulfone groups is 1. The van der Waals surface area contributed by atoms with Crippen LogP contribution in [0.15, 0.2) is 54.6 Å². The van der Waals surface area contributed by atoms with Crippen LogP contribution in [0.1, 0.15) is 11.3 Å². The smallest absolute Gasteiger partial charge is 0.324 e. The highest BCUT2D eigenvalue weighted by Crippen LogP contribution is 2.33. The van der Waals surface area contributed by atoms with E-state index < -0.39 is 15.9 Å². The average molecular weight is 398 g/mol. The molecule has 9 heteroatoms. The standard InChI is InChI=1S/C19H18N4O4S/c1-27-15-9-7-13(8-10-15)20-19(24)21-18-16-11-28(25,26)12-17(16)22-23(18)14-5-3-2-4-6-14/h2-10H,11-12H2,1H3,(H2,20,21,24). The Kier molecular flexibility index (Phi) is 4.52. The molecule has 0 atom stereocenters. The van der Waals surface area contributed by atoms with Crippen LogP contribution in [-0.2, 0) is 21.3 Å². The van der Waals surface area contributed by atoms with E-state index in [-0.39, 0.29) is 11.5 Å². The molecule has 2 heterocycles. The molecule has 2 N–H and O–H groups in total. The number of carbonyl (C=O) groups is 1. The van der Waals surface area contributed by atoms with E-state index in [1.807, 2.05) is 30.3 Å². The fraction of sp³-hybridized carbons (Fsp3) is 0.158. The van der Waals surface area contributed by atoms with E-state index in [1.54, 1.807) is 36.1 Å². The third-order valence-electron chi connectivity index (χ3n) is 4.37. The summed E-state index contributed by atoms with van der Waals surface area (Å²) in [6.45, 7) is 0. The van der Waals surface area contributed by atoms with Crippen LogP contribution in [0.5, 0.6) is 5.75 Å². The molecule has 0 fully saturated rings. The van der Waals surface area contributed by atoms with Crippen molar-refractivity contribution in [2.45, 2.75) is 11.5 Å². The van der Waals surface area contributed by atoms with Gasteiger partial charge in [0.15, 0.2) is 9.84 Å². The maximum Gasteiger partial charge on any atom is 0.324 e. The summed E-state index contributed by atoms with van der Waals surface area (Å²) < 4.78 is 30.7. The number of rotatable bonds is 4. The Labute approximate surface area is 162 Å². The molecule has 8 nitrogen and oxygen atoms in total. The van der Waals surface area contributed by atoms with Gasteiger partial charge in [-0.3, -0.25) is 5.32 Å². The Morgan fingerprint density at radius 3 is 2.43 bits per heavy atom. The van der Waals surface area contributed by atoms with Crippen molar-refractivity contribution in [3.63, 3.8) is 0 Å². The number of hydrogen-bond donors (Lipinski definition) is 2. The molecule has 28 heavy (non-hydrogen) atoms. The van der Waals surface area contributed by atoms with E-state index in [4.69, 9.17) is 4.74 Å². The van der Waals surface area contributed by atoms with Gasteiger partial charge in [0.1, 0.15) is 11.6 Å². The minimum absolute atomic E-state index is 0.128. The van der Waals surface area contributed by atoms with Gasteiger partial charge in [-0.25, -0.2) is 17.9 Å². The number of ether oxygens (including phenoxy) is 1. The van der Waals surface area contributed by atoms with Crippen LogP contribution in [0.3, 0.4) is 0 Å². The highest BCUT2D eigenvalue weighted by Gasteiger charge is 2.33. The van der Waals surface area contributed by atoms with Gasteiger partial charge in [0.2, 0.25) is 0 Å². The first-order chi connectivity index (χ1) is 13.4. The van der Waals surface area contributed by atoms with E-state index in [0.29, 0.717) is 28.5 Å². The molecule has 0 radical (unpaired) electrons. The topological polar surface area (TPSA) is 102 Å². The molecule has 0 aliphatic carbocycles. The van der Waals surface area contributed by atoms with Crippen LogP contribution < -0.4 is 15.4 Å². The maximum atomic E-state index is 12.5. The Morgan fingerprint density at radius 1 is 1.04 bits per heavy atom. The Bertz CT molecular complexity index is 1120. The quantitative estimate of drug-likeness (QED) is 0.703. The molecule has 0 bridgehead atoms. The van der Waals surface area contributed by atoms with Crippen molar-refractivity contribution in [2.24, 2.45) is 0 Å². The number of aromatic nitrogens is 2. The van der Waals surface area contributed by atoms with Crippen LogP contribution in [-0.4, -0.2) is 31.3 Å². The fourth-order valence-corrected chi connectivity index (χ4v) is 4.56. The number of urea groups is 1. The molecule has 144 valence electrons. The number of para-hydroxylation sites is 1. The van der Waals surface area contributed by atoms with Crippen molar-refractivity contribution in [1.29, 1.82) is 0 Å². The summed E-state index contributed by atoms with van der Waals surface area (Å²) in [5.74, 6) is 0.758. The third-order valence-corrected chi connectivity index (χ3v) is 5.81. The average Bonchev–Trinajstić information content (AvgIpc) is 3.15.